The Balaban J connectivity index is 2.07. The van der Waals surface area contributed by atoms with Gasteiger partial charge in [0, 0.05) is 5.25 Å². The molecule has 0 fully saturated rings. The zero-order chi connectivity index (χ0) is 30.6. The predicted octanol–water partition coefficient (Wildman–Crippen LogP) is 11.5. The standard InChI is InChI=1S/C38H62O2S/c1-10-11-12-13-14-15-16-17-18-19-22-41-32(25-31-27-34(38(7,8)9)36(40)24-29(31)3)21-20-30-26-33(37(4,5)6)35(39)23-28(30)2/h23-24,26-27,32,39-40H,10-22,25H2,1-9H3. The van der Waals surface area contributed by atoms with Gasteiger partial charge < -0.3 is 10.2 Å². The molecule has 0 radical (unpaired) electrons. The van der Waals surface area contributed by atoms with Crippen molar-refractivity contribution in [3.05, 3.63) is 57.6 Å². The van der Waals surface area contributed by atoms with Gasteiger partial charge in [-0.05, 0) is 102 Å². The number of hydrogen-bond acceptors (Lipinski definition) is 3. The molecule has 0 aliphatic heterocycles. The largest absolute Gasteiger partial charge is 0.508 e. The van der Waals surface area contributed by atoms with Crippen molar-refractivity contribution < 1.29 is 10.2 Å². The molecule has 0 aliphatic rings. The van der Waals surface area contributed by atoms with Crippen LogP contribution < -0.4 is 0 Å². The van der Waals surface area contributed by atoms with Gasteiger partial charge in [-0.2, -0.15) is 11.8 Å². The van der Waals surface area contributed by atoms with Crippen LogP contribution >= 0.6 is 11.8 Å². The molecule has 0 bridgehead atoms. The lowest BCUT2D eigenvalue weighted by molar-refractivity contribution is 0.444. The molecular formula is C38H62O2S. The van der Waals surface area contributed by atoms with Crippen LogP contribution in [-0.2, 0) is 23.7 Å². The first kappa shape index (κ1) is 35.6. The van der Waals surface area contributed by atoms with Crippen LogP contribution in [0.5, 0.6) is 11.5 Å². The van der Waals surface area contributed by atoms with Crippen LogP contribution in [-0.4, -0.2) is 21.2 Å². The first-order valence-electron chi connectivity index (χ1n) is 16.5. The first-order valence-corrected chi connectivity index (χ1v) is 17.6. The molecule has 2 N–H and O–H groups in total. The van der Waals surface area contributed by atoms with E-state index in [-0.39, 0.29) is 10.8 Å². The second kappa shape index (κ2) is 16.9. The maximum Gasteiger partial charge on any atom is 0.119 e. The van der Waals surface area contributed by atoms with Crippen LogP contribution in [0.4, 0.5) is 0 Å². The highest BCUT2D eigenvalue weighted by molar-refractivity contribution is 7.99. The molecule has 0 saturated heterocycles. The van der Waals surface area contributed by atoms with E-state index >= 15 is 0 Å². The maximum absolute atomic E-state index is 10.7. The fraction of sp³-hybridized carbons (Fsp3) is 0.684. The monoisotopic (exact) mass is 582 g/mol. The average molecular weight is 583 g/mol. The van der Waals surface area contributed by atoms with Crippen molar-refractivity contribution in [1.29, 1.82) is 0 Å². The Morgan fingerprint density at radius 2 is 1.07 bits per heavy atom. The van der Waals surface area contributed by atoms with E-state index in [1.54, 1.807) is 0 Å². The Kier molecular flexibility index (Phi) is 14.6. The second-order valence-electron chi connectivity index (χ2n) is 14.5. The minimum atomic E-state index is -0.0856. The number of aryl methyl sites for hydroxylation is 3. The molecule has 1 unspecified atom stereocenters. The van der Waals surface area contributed by atoms with Gasteiger partial charge in [0.2, 0.25) is 0 Å². The lowest BCUT2D eigenvalue weighted by atomic mass is 9.83. The van der Waals surface area contributed by atoms with Gasteiger partial charge in [-0.3, -0.25) is 0 Å². The third-order valence-electron chi connectivity index (χ3n) is 8.56. The maximum atomic E-state index is 10.7. The molecule has 0 saturated carbocycles. The summed E-state index contributed by atoms with van der Waals surface area (Å²) in [6.45, 7) is 19.6. The Morgan fingerprint density at radius 1 is 0.634 bits per heavy atom. The zero-order valence-electron chi connectivity index (χ0n) is 28.1. The molecule has 2 nitrogen and oxygen atoms in total. The lowest BCUT2D eigenvalue weighted by Crippen LogP contribution is -2.16. The molecule has 2 aromatic rings. The summed E-state index contributed by atoms with van der Waals surface area (Å²) in [4.78, 5) is 0. The third-order valence-corrected chi connectivity index (χ3v) is 9.96. The van der Waals surface area contributed by atoms with Crippen molar-refractivity contribution in [3.63, 3.8) is 0 Å². The molecule has 3 heteroatoms. The molecule has 0 heterocycles. The van der Waals surface area contributed by atoms with E-state index in [4.69, 9.17) is 0 Å². The molecule has 0 amide bonds. The highest BCUT2D eigenvalue weighted by Gasteiger charge is 2.23. The highest BCUT2D eigenvalue weighted by atomic mass is 32.2. The number of rotatable bonds is 17. The Bertz CT molecular complexity index is 1060. The summed E-state index contributed by atoms with van der Waals surface area (Å²) in [6, 6.07) is 8.45. The molecule has 2 aromatic carbocycles. The summed E-state index contributed by atoms with van der Waals surface area (Å²) in [5.41, 5.74) is 7.01. The molecule has 2 rings (SSSR count). The van der Waals surface area contributed by atoms with E-state index in [1.165, 1.54) is 92.2 Å². The van der Waals surface area contributed by atoms with Crippen LogP contribution in [0.3, 0.4) is 0 Å². The summed E-state index contributed by atoms with van der Waals surface area (Å²) < 4.78 is 0. The van der Waals surface area contributed by atoms with Gasteiger partial charge in [0.15, 0.2) is 0 Å². The molecule has 0 spiro atoms. The quantitative estimate of drug-likeness (QED) is 0.182. The normalized spacial score (nSPS) is 13.1. The van der Waals surface area contributed by atoms with Crippen molar-refractivity contribution in [3.8, 4) is 11.5 Å². The molecule has 0 aromatic heterocycles. The van der Waals surface area contributed by atoms with Gasteiger partial charge in [-0.25, -0.2) is 0 Å². The SMILES string of the molecule is CCCCCCCCCCCCSC(CCc1cc(C(C)(C)C)c(O)cc1C)Cc1cc(C(C)(C)C)c(O)cc1C. The van der Waals surface area contributed by atoms with E-state index in [2.05, 4.69) is 86.2 Å². The zero-order valence-corrected chi connectivity index (χ0v) is 28.9. The number of phenols is 2. The average Bonchev–Trinajstić information content (AvgIpc) is 2.86. The number of benzene rings is 2. The van der Waals surface area contributed by atoms with Crippen molar-refractivity contribution in [1.82, 2.24) is 0 Å². The van der Waals surface area contributed by atoms with Crippen LogP contribution in [0.25, 0.3) is 0 Å². The molecule has 41 heavy (non-hydrogen) atoms. The number of thioether (sulfide) groups is 1. The van der Waals surface area contributed by atoms with E-state index in [1.807, 2.05) is 12.1 Å². The summed E-state index contributed by atoms with van der Waals surface area (Å²) in [5.74, 6) is 2.05. The van der Waals surface area contributed by atoms with Crippen LogP contribution in [0.2, 0.25) is 0 Å². The fourth-order valence-corrected chi connectivity index (χ4v) is 7.10. The molecule has 232 valence electrons. The van der Waals surface area contributed by atoms with Gasteiger partial charge in [-0.1, -0.05) is 118 Å². The fourth-order valence-electron chi connectivity index (χ4n) is 5.81. The van der Waals surface area contributed by atoms with Crippen molar-refractivity contribution >= 4 is 11.8 Å². The summed E-state index contributed by atoms with van der Waals surface area (Å²) in [7, 11) is 0. The van der Waals surface area contributed by atoms with Gasteiger partial charge >= 0.3 is 0 Å². The lowest BCUT2D eigenvalue weighted by Gasteiger charge is -2.25. The van der Waals surface area contributed by atoms with E-state index in [0.717, 1.165) is 30.4 Å². The number of phenolic OH excluding ortho intramolecular Hbond substituents is 2. The van der Waals surface area contributed by atoms with Gasteiger partial charge in [0.25, 0.3) is 0 Å². The Hall–Kier alpha value is -1.61. The Morgan fingerprint density at radius 3 is 1.56 bits per heavy atom. The summed E-state index contributed by atoms with van der Waals surface area (Å²) in [5, 5.41) is 21.8. The van der Waals surface area contributed by atoms with Crippen LogP contribution in [0, 0.1) is 13.8 Å². The smallest absolute Gasteiger partial charge is 0.119 e. The van der Waals surface area contributed by atoms with Crippen molar-refractivity contribution in [2.24, 2.45) is 0 Å². The van der Waals surface area contributed by atoms with Gasteiger partial charge in [0.05, 0.1) is 0 Å². The first-order chi connectivity index (χ1) is 19.2. The number of hydrogen-bond donors (Lipinski definition) is 2. The van der Waals surface area contributed by atoms with E-state index in [0.29, 0.717) is 16.7 Å². The van der Waals surface area contributed by atoms with Gasteiger partial charge in [-0.15, -0.1) is 0 Å². The van der Waals surface area contributed by atoms with Crippen LogP contribution in [0.15, 0.2) is 24.3 Å². The summed E-state index contributed by atoms with van der Waals surface area (Å²) in [6.07, 6.45) is 16.9. The van der Waals surface area contributed by atoms with Gasteiger partial charge in [0.1, 0.15) is 11.5 Å². The number of unbranched alkanes of at least 4 members (excludes halogenated alkanes) is 9. The van der Waals surface area contributed by atoms with Crippen molar-refractivity contribution in [2.75, 3.05) is 5.75 Å². The molecule has 1 atom stereocenters. The second-order valence-corrected chi connectivity index (χ2v) is 15.9. The highest BCUT2D eigenvalue weighted by Crippen LogP contribution is 2.36. The topological polar surface area (TPSA) is 40.5 Å². The number of aromatic hydroxyl groups is 2. The summed E-state index contributed by atoms with van der Waals surface area (Å²) >= 11 is 2.15. The minimum absolute atomic E-state index is 0.0807. The van der Waals surface area contributed by atoms with Crippen LogP contribution in [0.1, 0.15) is 152 Å². The molecule has 0 aliphatic carbocycles. The Labute approximate surface area is 258 Å². The third kappa shape index (κ3) is 12.3. The minimum Gasteiger partial charge on any atom is -0.508 e. The van der Waals surface area contributed by atoms with E-state index in [9.17, 15) is 10.2 Å². The van der Waals surface area contributed by atoms with E-state index < -0.39 is 0 Å². The predicted molar refractivity (Wildman–Crippen MR) is 183 cm³/mol. The van der Waals surface area contributed by atoms with Crippen molar-refractivity contribution in [2.45, 2.75) is 162 Å². The molecular weight excluding hydrogens is 520 g/mol.